The normalized spacial score (nSPS) is 11.4. The highest BCUT2D eigenvalue weighted by molar-refractivity contribution is 7.80. The van der Waals surface area contributed by atoms with Crippen LogP contribution in [0, 0.1) is 0 Å². The highest BCUT2D eigenvalue weighted by Crippen LogP contribution is 2.10. The molecule has 0 atom stereocenters. The lowest BCUT2D eigenvalue weighted by Gasteiger charge is -2.08. The average Bonchev–Trinajstić information content (AvgIpc) is 2.47. The van der Waals surface area contributed by atoms with E-state index in [1.165, 1.54) is 70.8 Å². The molecule has 0 unspecified atom stereocenters. The van der Waals surface area contributed by atoms with E-state index in [9.17, 15) is 8.42 Å². The predicted molar refractivity (Wildman–Crippen MR) is 98.2 cm³/mol. The molecule has 0 aromatic heterocycles. The Morgan fingerprint density at radius 2 is 1.22 bits per heavy atom. The first-order valence-electron chi connectivity index (χ1n) is 9.10. The second-order valence-electron chi connectivity index (χ2n) is 6.23. The molecule has 5 nitrogen and oxygen atoms in total. The van der Waals surface area contributed by atoms with Crippen molar-refractivity contribution in [3.05, 3.63) is 0 Å². The molecular formula is C17H39NO4S. The fourth-order valence-electron chi connectivity index (χ4n) is 2.10. The van der Waals surface area contributed by atoms with Gasteiger partial charge < -0.3 is 4.90 Å². The van der Waals surface area contributed by atoms with Gasteiger partial charge in [0, 0.05) is 0 Å². The summed E-state index contributed by atoms with van der Waals surface area (Å²) in [5.41, 5.74) is 0. The van der Waals surface area contributed by atoms with Gasteiger partial charge in [0.1, 0.15) is 0 Å². The van der Waals surface area contributed by atoms with Gasteiger partial charge in [-0.3, -0.25) is 4.55 Å². The van der Waals surface area contributed by atoms with Crippen LogP contribution in [0.5, 0.6) is 0 Å². The van der Waals surface area contributed by atoms with E-state index in [1.54, 1.807) is 6.92 Å². The van der Waals surface area contributed by atoms with E-state index in [0.29, 0.717) is 6.42 Å². The fourth-order valence-corrected chi connectivity index (χ4v) is 2.48. The zero-order valence-corrected chi connectivity index (χ0v) is 16.5. The van der Waals surface area contributed by atoms with Crippen LogP contribution in [0.4, 0.5) is 0 Å². The van der Waals surface area contributed by atoms with Gasteiger partial charge in [-0.05, 0) is 33.5 Å². The third-order valence-corrected chi connectivity index (χ3v) is 3.86. The summed E-state index contributed by atoms with van der Waals surface area (Å²) in [6.45, 7) is 5.32. The smallest absolute Gasteiger partial charge is 0.309 e. The van der Waals surface area contributed by atoms with Crippen molar-refractivity contribution in [1.82, 2.24) is 4.90 Å². The summed E-state index contributed by atoms with van der Waals surface area (Å²) in [4.78, 5) is 2.28. The standard InChI is InChI=1S/C14H31N.C3H8O4S/c1-4-5-6-7-8-9-10-11-12-13-14-15(2)3;1-2-3-7-8(4,5)6/h4-14H2,1-3H3;2-3H2,1H3,(H,4,5,6). The van der Waals surface area contributed by atoms with Crippen molar-refractivity contribution < 1.29 is 17.2 Å². The lowest BCUT2D eigenvalue weighted by molar-refractivity contribution is 0.269. The first-order valence-corrected chi connectivity index (χ1v) is 10.5. The SMILES string of the molecule is CCCCCCCCCCCCN(C)C.CCCOS(=O)(=O)O. The summed E-state index contributed by atoms with van der Waals surface area (Å²) in [5.74, 6) is 0. The maximum absolute atomic E-state index is 9.72. The molecule has 142 valence electrons. The van der Waals surface area contributed by atoms with Crippen molar-refractivity contribution in [1.29, 1.82) is 0 Å². The second-order valence-corrected chi connectivity index (χ2v) is 7.33. The van der Waals surface area contributed by atoms with Crippen LogP contribution in [0.1, 0.15) is 84.5 Å². The maximum atomic E-state index is 9.72. The van der Waals surface area contributed by atoms with Crippen LogP contribution in [0.25, 0.3) is 0 Å². The minimum atomic E-state index is -4.19. The first-order chi connectivity index (χ1) is 10.8. The average molecular weight is 354 g/mol. The summed E-state index contributed by atoms with van der Waals surface area (Å²) in [5, 5.41) is 0. The molecule has 0 spiro atoms. The summed E-state index contributed by atoms with van der Waals surface area (Å²) in [6.07, 6.45) is 14.9. The molecule has 0 aliphatic rings. The van der Waals surface area contributed by atoms with Crippen molar-refractivity contribution in [2.24, 2.45) is 0 Å². The predicted octanol–water partition coefficient (Wildman–Crippen LogP) is 4.68. The minimum absolute atomic E-state index is 0.0405. The van der Waals surface area contributed by atoms with Crippen LogP contribution < -0.4 is 0 Å². The molecule has 6 heteroatoms. The summed E-state index contributed by atoms with van der Waals surface area (Å²) in [7, 11) is 0.135. The Balaban J connectivity index is 0. The summed E-state index contributed by atoms with van der Waals surface area (Å²) < 4.78 is 31.3. The molecule has 0 aliphatic heterocycles. The fraction of sp³-hybridized carbons (Fsp3) is 1.00. The minimum Gasteiger partial charge on any atom is -0.309 e. The van der Waals surface area contributed by atoms with Gasteiger partial charge in [-0.2, -0.15) is 8.42 Å². The molecule has 0 saturated carbocycles. The number of hydrogen-bond donors (Lipinski definition) is 1. The van der Waals surface area contributed by atoms with Crippen LogP contribution in [-0.4, -0.2) is 45.1 Å². The number of hydrogen-bond acceptors (Lipinski definition) is 4. The van der Waals surface area contributed by atoms with Crippen molar-refractivity contribution in [2.45, 2.75) is 84.5 Å². The van der Waals surface area contributed by atoms with Crippen LogP contribution in [0.2, 0.25) is 0 Å². The number of unbranched alkanes of at least 4 members (excludes halogenated alkanes) is 9. The van der Waals surface area contributed by atoms with Crippen molar-refractivity contribution in [3.8, 4) is 0 Å². The second kappa shape index (κ2) is 18.2. The molecular weight excluding hydrogens is 314 g/mol. The Hall–Kier alpha value is -0.170. The zero-order valence-electron chi connectivity index (χ0n) is 15.7. The molecule has 0 aromatic carbocycles. The topological polar surface area (TPSA) is 66.8 Å². The Morgan fingerprint density at radius 1 is 0.783 bits per heavy atom. The lowest BCUT2D eigenvalue weighted by Crippen LogP contribution is -2.12. The quantitative estimate of drug-likeness (QED) is 0.362. The third kappa shape index (κ3) is 30.3. The lowest BCUT2D eigenvalue weighted by atomic mass is 10.1. The Bertz CT molecular complexity index is 319. The Kier molecular flexibility index (Phi) is 19.8. The van der Waals surface area contributed by atoms with Gasteiger partial charge in [0.15, 0.2) is 0 Å². The van der Waals surface area contributed by atoms with Gasteiger partial charge in [0.05, 0.1) is 6.61 Å². The molecule has 0 amide bonds. The number of rotatable bonds is 14. The van der Waals surface area contributed by atoms with E-state index in [4.69, 9.17) is 4.55 Å². The van der Waals surface area contributed by atoms with Gasteiger partial charge in [0.2, 0.25) is 0 Å². The molecule has 0 fully saturated rings. The molecule has 0 bridgehead atoms. The van der Waals surface area contributed by atoms with Gasteiger partial charge in [-0.15, -0.1) is 0 Å². The van der Waals surface area contributed by atoms with Crippen molar-refractivity contribution in [2.75, 3.05) is 27.2 Å². The molecule has 0 saturated heterocycles. The summed E-state index contributed by atoms with van der Waals surface area (Å²) in [6, 6.07) is 0. The number of nitrogens with zero attached hydrogens (tertiary/aromatic N) is 1. The van der Waals surface area contributed by atoms with Gasteiger partial charge in [-0.1, -0.05) is 71.6 Å². The molecule has 1 N–H and O–H groups in total. The van der Waals surface area contributed by atoms with Crippen LogP contribution in [0.15, 0.2) is 0 Å². The molecule has 23 heavy (non-hydrogen) atoms. The molecule has 0 aliphatic carbocycles. The van der Waals surface area contributed by atoms with Crippen LogP contribution in [0.3, 0.4) is 0 Å². The van der Waals surface area contributed by atoms with Crippen molar-refractivity contribution >= 4 is 10.4 Å². The highest BCUT2D eigenvalue weighted by atomic mass is 32.3. The van der Waals surface area contributed by atoms with Gasteiger partial charge >= 0.3 is 10.4 Å². The third-order valence-electron chi connectivity index (χ3n) is 3.40. The summed E-state index contributed by atoms with van der Waals surface area (Å²) >= 11 is 0. The molecule has 0 radical (unpaired) electrons. The van der Waals surface area contributed by atoms with E-state index >= 15 is 0 Å². The van der Waals surface area contributed by atoms with Gasteiger partial charge in [-0.25, -0.2) is 4.18 Å². The first kappa shape index (κ1) is 25.1. The molecule has 0 heterocycles. The van der Waals surface area contributed by atoms with E-state index < -0.39 is 10.4 Å². The highest BCUT2D eigenvalue weighted by Gasteiger charge is 2.00. The van der Waals surface area contributed by atoms with E-state index in [2.05, 4.69) is 30.1 Å². The van der Waals surface area contributed by atoms with Gasteiger partial charge in [0.25, 0.3) is 0 Å². The maximum Gasteiger partial charge on any atom is 0.397 e. The Morgan fingerprint density at radius 3 is 1.52 bits per heavy atom. The largest absolute Gasteiger partial charge is 0.397 e. The van der Waals surface area contributed by atoms with Crippen molar-refractivity contribution in [3.63, 3.8) is 0 Å². The van der Waals surface area contributed by atoms with E-state index in [-0.39, 0.29) is 6.61 Å². The molecule has 0 aromatic rings. The van der Waals surface area contributed by atoms with E-state index in [1.807, 2.05) is 0 Å². The van der Waals surface area contributed by atoms with E-state index in [0.717, 1.165) is 0 Å². The zero-order chi connectivity index (χ0) is 18.0. The monoisotopic (exact) mass is 353 g/mol. The Labute approximate surface area is 144 Å². The van der Waals surface area contributed by atoms with Crippen LogP contribution in [-0.2, 0) is 14.6 Å². The van der Waals surface area contributed by atoms with Crippen LogP contribution >= 0.6 is 0 Å². The molecule has 0 rings (SSSR count).